The van der Waals surface area contributed by atoms with Crippen molar-refractivity contribution in [1.29, 1.82) is 0 Å². The highest BCUT2D eigenvalue weighted by Gasteiger charge is 2.17. The molecule has 0 radical (unpaired) electrons. The summed E-state index contributed by atoms with van der Waals surface area (Å²) in [6.45, 7) is 6.77. The summed E-state index contributed by atoms with van der Waals surface area (Å²) in [7, 11) is 4.11. The van der Waals surface area contributed by atoms with Gasteiger partial charge in [0.2, 0.25) is 5.91 Å². The summed E-state index contributed by atoms with van der Waals surface area (Å²) in [4.78, 5) is 42.7. The zero-order valence-corrected chi connectivity index (χ0v) is 19.0. The maximum atomic E-state index is 12.4. The van der Waals surface area contributed by atoms with Crippen LogP contribution in [0.15, 0.2) is 0 Å². The SMILES string of the molecule is CN1CCN(C)CCN(CC(=O)NCCCC[C@H](N)C(=O)O)CCN(CC(=O)O)CC1. The minimum atomic E-state index is -1.01. The van der Waals surface area contributed by atoms with Crippen molar-refractivity contribution in [2.24, 2.45) is 5.73 Å². The summed E-state index contributed by atoms with van der Waals surface area (Å²) in [6.07, 6.45) is 1.70. The Morgan fingerprint density at radius 2 is 1.32 bits per heavy atom. The number of unbranched alkanes of at least 4 members (excludes halogenated alkanes) is 1. The molecule has 11 heteroatoms. The Morgan fingerprint density at radius 3 is 1.84 bits per heavy atom. The van der Waals surface area contributed by atoms with Gasteiger partial charge in [0.25, 0.3) is 0 Å². The van der Waals surface area contributed by atoms with Crippen LogP contribution in [-0.2, 0) is 14.4 Å². The van der Waals surface area contributed by atoms with E-state index in [9.17, 15) is 19.5 Å². The monoisotopic (exact) mass is 444 g/mol. The average Bonchev–Trinajstić information content (AvgIpc) is 2.70. The summed E-state index contributed by atoms with van der Waals surface area (Å²) in [5.74, 6) is -1.93. The maximum Gasteiger partial charge on any atom is 0.320 e. The lowest BCUT2D eigenvalue weighted by Crippen LogP contribution is -2.47. The van der Waals surface area contributed by atoms with Crippen LogP contribution in [0.1, 0.15) is 19.3 Å². The van der Waals surface area contributed by atoms with Crippen molar-refractivity contribution >= 4 is 17.8 Å². The van der Waals surface area contributed by atoms with E-state index >= 15 is 0 Å². The van der Waals surface area contributed by atoms with Gasteiger partial charge in [-0.3, -0.25) is 24.2 Å². The van der Waals surface area contributed by atoms with E-state index < -0.39 is 18.0 Å². The fraction of sp³-hybridized carbons (Fsp3) is 0.850. The van der Waals surface area contributed by atoms with E-state index in [1.54, 1.807) is 0 Å². The number of carboxylic acids is 2. The first-order valence-corrected chi connectivity index (χ1v) is 11.0. The number of likely N-dealkylation sites (N-methyl/N-ethyl adjacent to an activating group) is 2. The molecular formula is C20H40N6O5. The summed E-state index contributed by atoms with van der Waals surface area (Å²) >= 11 is 0. The van der Waals surface area contributed by atoms with Gasteiger partial charge in [-0.1, -0.05) is 0 Å². The van der Waals surface area contributed by atoms with Crippen molar-refractivity contribution in [3.05, 3.63) is 0 Å². The number of rotatable bonds is 10. The zero-order valence-electron chi connectivity index (χ0n) is 19.0. The third-order valence-corrected chi connectivity index (χ3v) is 5.50. The van der Waals surface area contributed by atoms with Gasteiger partial charge in [-0.05, 0) is 33.4 Å². The van der Waals surface area contributed by atoms with Crippen LogP contribution in [0.25, 0.3) is 0 Å². The maximum absolute atomic E-state index is 12.4. The minimum absolute atomic E-state index is 0.00768. The fourth-order valence-corrected chi connectivity index (χ4v) is 3.30. The van der Waals surface area contributed by atoms with Gasteiger partial charge >= 0.3 is 11.9 Å². The number of carbonyl (C=O) groups is 3. The first kappa shape index (κ1) is 27.2. The van der Waals surface area contributed by atoms with Crippen molar-refractivity contribution < 1.29 is 24.6 Å². The lowest BCUT2D eigenvalue weighted by molar-refractivity contribution is -0.139. The van der Waals surface area contributed by atoms with Gasteiger partial charge in [0.1, 0.15) is 6.04 Å². The molecule has 0 aromatic rings. The molecule has 0 spiro atoms. The number of carbonyl (C=O) groups excluding carboxylic acids is 1. The van der Waals surface area contributed by atoms with Crippen LogP contribution in [-0.4, -0.2) is 140 Å². The number of hydrogen-bond acceptors (Lipinski definition) is 8. The molecule has 1 amide bonds. The normalized spacial score (nSPS) is 19.8. The van der Waals surface area contributed by atoms with E-state index in [1.807, 2.05) is 11.9 Å². The number of nitrogens with two attached hydrogens (primary N) is 1. The topological polar surface area (TPSA) is 143 Å². The fourth-order valence-electron chi connectivity index (χ4n) is 3.30. The van der Waals surface area contributed by atoms with Crippen LogP contribution < -0.4 is 11.1 Å². The van der Waals surface area contributed by atoms with Gasteiger partial charge in [-0.15, -0.1) is 0 Å². The molecule has 0 saturated carbocycles. The first-order valence-electron chi connectivity index (χ1n) is 11.0. The molecule has 1 saturated heterocycles. The van der Waals surface area contributed by atoms with E-state index in [-0.39, 0.29) is 19.0 Å². The third kappa shape index (κ3) is 13.3. The second kappa shape index (κ2) is 15.1. The van der Waals surface area contributed by atoms with E-state index in [0.717, 1.165) is 32.7 Å². The average molecular weight is 445 g/mol. The van der Waals surface area contributed by atoms with Gasteiger partial charge in [-0.2, -0.15) is 0 Å². The minimum Gasteiger partial charge on any atom is -0.480 e. The van der Waals surface area contributed by atoms with Crippen LogP contribution in [0.3, 0.4) is 0 Å². The summed E-state index contributed by atoms with van der Waals surface area (Å²) in [5, 5.41) is 20.9. The highest BCUT2D eigenvalue weighted by atomic mass is 16.4. The van der Waals surface area contributed by atoms with Gasteiger partial charge in [0, 0.05) is 58.9 Å². The molecule has 0 aliphatic carbocycles. The van der Waals surface area contributed by atoms with E-state index in [0.29, 0.717) is 45.4 Å². The molecule has 180 valence electrons. The van der Waals surface area contributed by atoms with E-state index in [2.05, 4.69) is 27.1 Å². The summed E-state index contributed by atoms with van der Waals surface area (Å²) in [5.41, 5.74) is 5.47. The van der Waals surface area contributed by atoms with Crippen molar-refractivity contribution in [2.75, 3.05) is 86.1 Å². The zero-order chi connectivity index (χ0) is 23.2. The molecule has 1 aliphatic rings. The molecule has 1 aliphatic heterocycles. The van der Waals surface area contributed by atoms with Crippen molar-refractivity contribution in [3.63, 3.8) is 0 Å². The summed E-state index contributed by atoms with van der Waals surface area (Å²) < 4.78 is 0. The van der Waals surface area contributed by atoms with E-state index in [1.165, 1.54) is 0 Å². The molecule has 5 N–H and O–H groups in total. The number of carboxylic acid groups (broad SMARTS) is 2. The molecule has 0 bridgehead atoms. The van der Waals surface area contributed by atoms with Crippen LogP contribution in [0.2, 0.25) is 0 Å². The van der Waals surface area contributed by atoms with Crippen molar-refractivity contribution in [2.45, 2.75) is 25.3 Å². The Bertz CT molecular complexity index is 564. The molecule has 1 atom stereocenters. The van der Waals surface area contributed by atoms with Crippen molar-refractivity contribution in [3.8, 4) is 0 Å². The van der Waals surface area contributed by atoms with Crippen molar-refractivity contribution in [1.82, 2.24) is 24.9 Å². The van der Waals surface area contributed by atoms with Gasteiger partial charge in [0.05, 0.1) is 13.1 Å². The highest BCUT2D eigenvalue weighted by molar-refractivity contribution is 5.78. The quantitative estimate of drug-likeness (QED) is 0.287. The second-order valence-corrected chi connectivity index (χ2v) is 8.34. The number of nitrogens with zero attached hydrogens (tertiary/aromatic N) is 4. The van der Waals surface area contributed by atoms with Gasteiger partial charge in [0.15, 0.2) is 0 Å². The number of amides is 1. The Morgan fingerprint density at radius 1 is 0.839 bits per heavy atom. The summed E-state index contributed by atoms with van der Waals surface area (Å²) in [6, 6.07) is -0.858. The molecule has 0 aromatic heterocycles. The Hall–Kier alpha value is -1.79. The Labute approximate surface area is 185 Å². The second-order valence-electron chi connectivity index (χ2n) is 8.34. The standard InChI is InChI=1S/C20H40N6O5/c1-23-7-8-24(2)10-12-26(16-19(28)29)14-13-25(11-9-23)15-18(27)22-6-4-3-5-17(21)20(30)31/h17H,3-16,21H2,1-2H3,(H,22,27)(H,28,29)(H,30,31)/t17-/m0/s1. The number of aliphatic carboxylic acids is 2. The molecule has 0 aromatic carbocycles. The third-order valence-electron chi connectivity index (χ3n) is 5.50. The molecule has 1 fully saturated rings. The van der Waals surface area contributed by atoms with Gasteiger partial charge in [-0.25, -0.2) is 0 Å². The lowest BCUT2D eigenvalue weighted by atomic mass is 10.1. The smallest absolute Gasteiger partial charge is 0.320 e. The van der Waals surface area contributed by atoms with Gasteiger partial charge < -0.3 is 31.1 Å². The first-order chi connectivity index (χ1) is 14.7. The Balaban J connectivity index is 2.50. The molecule has 31 heavy (non-hydrogen) atoms. The molecular weight excluding hydrogens is 404 g/mol. The molecule has 1 rings (SSSR count). The van der Waals surface area contributed by atoms with Crippen LogP contribution in [0.4, 0.5) is 0 Å². The van der Waals surface area contributed by atoms with Crippen LogP contribution >= 0.6 is 0 Å². The predicted octanol–water partition coefficient (Wildman–Crippen LogP) is -1.75. The molecule has 1 heterocycles. The highest BCUT2D eigenvalue weighted by Crippen LogP contribution is 2.00. The van der Waals surface area contributed by atoms with E-state index in [4.69, 9.17) is 10.8 Å². The largest absolute Gasteiger partial charge is 0.480 e. The van der Waals surface area contributed by atoms with Crippen LogP contribution in [0.5, 0.6) is 0 Å². The number of nitrogens with one attached hydrogen (secondary N) is 1. The lowest BCUT2D eigenvalue weighted by Gasteiger charge is -2.31. The van der Waals surface area contributed by atoms with Crippen LogP contribution in [0, 0.1) is 0 Å². The predicted molar refractivity (Wildman–Crippen MR) is 118 cm³/mol. The Kier molecular flexibility index (Phi) is 13.3. The molecule has 0 unspecified atom stereocenters. The number of hydrogen-bond donors (Lipinski definition) is 4. The molecule has 11 nitrogen and oxygen atoms in total.